The first-order chi connectivity index (χ1) is 13.2. The number of thiophene rings is 1. The lowest BCUT2D eigenvalue weighted by Crippen LogP contribution is -2.39. The second kappa shape index (κ2) is 9.47. The lowest BCUT2D eigenvalue weighted by Gasteiger charge is -2.24. The number of rotatable bonds is 9. The zero-order valence-corrected chi connectivity index (χ0v) is 16.4. The monoisotopic (exact) mass is 413 g/mol. The van der Waals surface area contributed by atoms with Gasteiger partial charge in [-0.15, -0.1) is 11.3 Å². The summed E-state index contributed by atoms with van der Waals surface area (Å²) in [6, 6.07) is 5.59. The van der Waals surface area contributed by atoms with Crippen LogP contribution in [0.3, 0.4) is 0 Å². The summed E-state index contributed by atoms with van der Waals surface area (Å²) in [6.45, 7) is -0.889. The van der Waals surface area contributed by atoms with Gasteiger partial charge in [-0.25, -0.2) is 0 Å². The third kappa shape index (κ3) is 5.40. The van der Waals surface area contributed by atoms with Crippen molar-refractivity contribution in [3.63, 3.8) is 0 Å². The molecule has 1 heterocycles. The van der Waals surface area contributed by atoms with Crippen LogP contribution in [0.4, 0.5) is 13.8 Å². The minimum absolute atomic E-state index is 0.0635. The number of nitrogens with one attached hydrogen (secondary N) is 1. The SMILES string of the molecule is COc1cc(CN(C)[C@@H](C)C(=O)Nc2sccc2C(N)=O)ccc1OC(F)F. The first-order valence-corrected chi connectivity index (χ1v) is 9.11. The Labute approximate surface area is 165 Å². The summed E-state index contributed by atoms with van der Waals surface area (Å²) < 4.78 is 34.3. The van der Waals surface area contributed by atoms with Crippen molar-refractivity contribution in [1.82, 2.24) is 4.90 Å². The van der Waals surface area contributed by atoms with Crippen molar-refractivity contribution in [3.05, 3.63) is 40.8 Å². The first-order valence-electron chi connectivity index (χ1n) is 8.23. The van der Waals surface area contributed by atoms with E-state index in [1.54, 1.807) is 42.5 Å². The van der Waals surface area contributed by atoms with Crippen LogP contribution in [0.25, 0.3) is 0 Å². The number of amides is 2. The summed E-state index contributed by atoms with van der Waals surface area (Å²) in [5.74, 6) is -0.813. The number of benzene rings is 1. The highest BCUT2D eigenvalue weighted by Gasteiger charge is 2.21. The Morgan fingerprint density at radius 3 is 2.61 bits per heavy atom. The summed E-state index contributed by atoms with van der Waals surface area (Å²) in [5, 5.41) is 4.76. The molecule has 0 saturated carbocycles. The Bertz CT molecular complexity index is 844. The molecule has 1 aromatic carbocycles. The second-order valence-electron chi connectivity index (χ2n) is 5.97. The predicted molar refractivity (Wildman–Crippen MR) is 102 cm³/mol. The molecule has 0 saturated heterocycles. The number of primary amides is 1. The summed E-state index contributed by atoms with van der Waals surface area (Å²) in [7, 11) is 3.10. The van der Waals surface area contributed by atoms with Crippen LogP contribution in [0.15, 0.2) is 29.6 Å². The number of halogens is 2. The molecule has 0 bridgehead atoms. The fourth-order valence-corrected chi connectivity index (χ4v) is 3.24. The number of hydrogen-bond acceptors (Lipinski definition) is 6. The zero-order chi connectivity index (χ0) is 20.8. The van der Waals surface area contributed by atoms with E-state index in [1.165, 1.54) is 24.5 Å². The van der Waals surface area contributed by atoms with Gasteiger partial charge in [0.1, 0.15) is 5.00 Å². The molecule has 2 rings (SSSR count). The number of likely N-dealkylation sites (N-methyl/N-ethyl adjacent to an activating group) is 1. The van der Waals surface area contributed by atoms with Gasteiger partial charge >= 0.3 is 6.61 Å². The molecule has 1 atom stereocenters. The average molecular weight is 413 g/mol. The largest absolute Gasteiger partial charge is 0.493 e. The molecule has 10 heteroatoms. The van der Waals surface area contributed by atoms with Crippen molar-refractivity contribution in [2.45, 2.75) is 26.1 Å². The molecule has 0 aliphatic heterocycles. The fraction of sp³-hybridized carbons (Fsp3) is 0.333. The van der Waals surface area contributed by atoms with Crippen molar-refractivity contribution in [2.24, 2.45) is 5.73 Å². The summed E-state index contributed by atoms with van der Waals surface area (Å²) in [6.07, 6.45) is 0. The van der Waals surface area contributed by atoms with Crippen molar-refractivity contribution in [1.29, 1.82) is 0 Å². The third-order valence-electron chi connectivity index (χ3n) is 4.08. The second-order valence-corrected chi connectivity index (χ2v) is 6.89. The summed E-state index contributed by atoms with van der Waals surface area (Å²) in [5.41, 5.74) is 6.28. The Hall–Kier alpha value is -2.72. The van der Waals surface area contributed by atoms with Gasteiger partial charge in [-0.1, -0.05) is 6.07 Å². The van der Waals surface area contributed by atoms with Crippen LogP contribution in [0, 0.1) is 0 Å². The van der Waals surface area contributed by atoms with Gasteiger partial charge < -0.3 is 20.5 Å². The molecule has 2 amide bonds. The molecule has 0 unspecified atom stereocenters. The fourth-order valence-electron chi connectivity index (χ4n) is 2.45. The Morgan fingerprint density at radius 1 is 1.29 bits per heavy atom. The number of hydrogen-bond donors (Lipinski definition) is 2. The minimum Gasteiger partial charge on any atom is -0.493 e. The Morgan fingerprint density at radius 2 is 2.00 bits per heavy atom. The highest BCUT2D eigenvalue weighted by atomic mass is 32.1. The number of ether oxygens (including phenoxy) is 2. The van der Waals surface area contributed by atoms with Crippen LogP contribution in [-0.2, 0) is 11.3 Å². The summed E-state index contributed by atoms with van der Waals surface area (Å²) in [4.78, 5) is 25.6. The van der Waals surface area contributed by atoms with Gasteiger partial charge in [0.25, 0.3) is 5.91 Å². The summed E-state index contributed by atoms with van der Waals surface area (Å²) >= 11 is 1.21. The van der Waals surface area contributed by atoms with E-state index in [1.807, 2.05) is 0 Å². The number of anilines is 1. The highest BCUT2D eigenvalue weighted by molar-refractivity contribution is 7.14. The van der Waals surface area contributed by atoms with Crippen LogP contribution in [-0.4, -0.2) is 43.5 Å². The Balaban J connectivity index is 2.05. The van der Waals surface area contributed by atoms with E-state index in [0.717, 1.165) is 5.56 Å². The van der Waals surface area contributed by atoms with Gasteiger partial charge in [-0.2, -0.15) is 8.78 Å². The molecule has 0 aliphatic carbocycles. The molecule has 3 N–H and O–H groups in total. The van der Waals surface area contributed by atoms with Gasteiger partial charge in [0.2, 0.25) is 5.91 Å². The molecule has 0 radical (unpaired) electrons. The maximum absolute atomic E-state index is 12.5. The molecule has 0 spiro atoms. The van der Waals surface area contributed by atoms with E-state index in [-0.39, 0.29) is 23.0 Å². The van der Waals surface area contributed by atoms with Crippen molar-refractivity contribution in [2.75, 3.05) is 19.5 Å². The van der Waals surface area contributed by atoms with Crippen LogP contribution in [0.1, 0.15) is 22.8 Å². The maximum atomic E-state index is 12.5. The van der Waals surface area contributed by atoms with Gasteiger partial charge in [-0.05, 0) is 43.1 Å². The molecule has 2 aromatic rings. The van der Waals surface area contributed by atoms with E-state index in [0.29, 0.717) is 11.5 Å². The van der Waals surface area contributed by atoms with Gasteiger partial charge in [0, 0.05) is 6.54 Å². The standard InChI is InChI=1S/C18H21F2N3O4S/c1-10(16(25)22-17-12(15(21)24)6-7-28-17)23(2)9-11-4-5-13(27-18(19)20)14(8-11)26-3/h4-8,10,18H,9H2,1-3H3,(H2,21,24)(H,22,25)/t10-/m0/s1. The maximum Gasteiger partial charge on any atom is 0.387 e. The van der Waals surface area contributed by atoms with E-state index < -0.39 is 18.6 Å². The number of methoxy groups -OCH3 is 1. The smallest absolute Gasteiger partial charge is 0.387 e. The molecular formula is C18H21F2N3O4S. The van der Waals surface area contributed by atoms with E-state index in [2.05, 4.69) is 10.1 Å². The first kappa shape index (κ1) is 21.6. The normalized spacial score (nSPS) is 12.1. The van der Waals surface area contributed by atoms with Crippen LogP contribution < -0.4 is 20.5 Å². The van der Waals surface area contributed by atoms with Gasteiger partial charge in [0.05, 0.1) is 18.7 Å². The number of carbonyl (C=O) groups excluding carboxylic acids is 2. The topological polar surface area (TPSA) is 93.9 Å². The highest BCUT2D eigenvalue weighted by Crippen LogP contribution is 2.30. The number of nitrogens with two attached hydrogens (primary N) is 1. The van der Waals surface area contributed by atoms with Crippen LogP contribution in [0.2, 0.25) is 0 Å². The molecule has 152 valence electrons. The van der Waals surface area contributed by atoms with Crippen LogP contribution >= 0.6 is 11.3 Å². The van der Waals surface area contributed by atoms with E-state index in [4.69, 9.17) is 10.5 Å². The number of carbonyl (C=O) groups is 2. The molecule has 0 fully saturated rings. The van der Waals surface area contributed by atoms with Gasteiger partial charge in [-0.3, -0.25) is 14.5 Å². The average Bonchev–Trinajstić information content (AvgIpc) is 3.10. The van der Waals surface area contributed by atoms with Crippen molar-refractivity contribution < 1.29 is 27.8 Å². The molecule has 1 aromatic heterocycles. The molecule has 7 nitrogen and oxygen atoms in total. The minimum atomic E-state index is -2.95. The van der Waals surface area contributed by atoms with Crippen molar-refractivity contribution >= 4 is 28.2 Å². The lowest BCUT2D eigenvalue weighted by atomic mass is 10.1. The zero-order valence-electron chi connectivity index (χ0n) is 15.6. The number of alkyl halides is 2. The number of nitrogens with zero attached hydrogens (tertiary/aromatic N) is 1. The van der Waals surface area contributed by atoms with Gasteiger partial charge in [0.15, 0.2) is 11.5 Å². The quantitative estimate of drug-likeness (QED) is 0.659. The molecular weight excluding hydrogens is 392 g/mol. The third-order valence-corrected chi connectivity index (χ3v) is 4.91. The molecule has 28 heavy (non-hydrogen) atoms. The van der Waals surface area contributed by atoms with Crippen LogP contribution in [0.5, 0.6) is 11.5 Å². The lowest BCUT2D eigenvalue weighted by molar-refractivity contribution is -0.120. The molecule has 0 aliphatic rings. The van der Waals surface area contributed by atoms with E-state index >= 15 is 0 Å². The Kier molecular flexibility index (Phi) is 7.30. The predicted octanol–water partition coefficient (Wildman–Crippen LogP) is 2.92. The van der Waals surface area contributed by atoms with E-state index in [9.17, 15) is 18.4 Å². The van der Waals surface area contributed by atoms with Crippen molar-refractivity contribution in [3.8, 4) is 11.5 Å².